The first-order valence-corrected chi connectivity index (χ1v) is 9.33. The molecule has 2 rings (SSSR count). The van der Waals surface area contributed by atoms with Crippen molar-refractivity contribution in [1.29, 1.82) is 5.26 Å². The Morgan fingerprint density at radius 2 is 1.95 bits per heavy atom. The number of nitriles is 1. The van der Waals surface area contributed by atoms with Crippen molar-refractivity contribution in [3.05, 3.63) is 41.7 Å². The van der Waals surface area contributed by atoms with Gasteiger partial charge in [0.15, 0.2) is 0 Å². The first-order valence-electron chi connectivity index (χ1n) is 5.95. The molecule has 1 heterocycles. The molecule has 4 N–H and O–H groups in total. The summed E-state index contributed by atoms with van der Waals surface area (Å²) >= 11 is -4.98. The van der Waals surface area contributed by atoms with Crippen LogP contribution in [-0.4, -0.2) is 40.0 Å². The zero-order valence-electron chi connectivity index (χ0n) is 11.4. The molecule has 2 aromatic rings. The molecule has 0 fully saturated rings. The third-order valence-corrected chi connectivity index (χ3v) is 5.04. The van der Waals surface area contributed by atoms with Gasteiger partial charge in [-0.15, -0.1) is 0 Å². The molecule has 1 aromatic heterocycles. The number of nitrogens with two attached hydrogens (primary N) is 1. The van der Waals surface area contributed by atoms with E-state index in [4.69, 9.17) is 19.2 Å². The molecule has 0 aliphatic rings. The summed E-state index contributed by atoms with van der Waals surface area (Å²) in [6.07, 6.45) is 1.36. The number of nitrogen functional groups attached to an aromatic ring is 1. The Hall–Kier alpha value is -2.46. The molecule has 0 radical (unpaired) electrons. The van der Waals surface area contributed by atoms with Gasteiger partial charge >= 0.3 is 128 Å². The summed E-state index contributed by atoms with van der Waals surface area (Å²) in [6, 6.07) is 7.23. The van der Waals surface area contributed by atoms with Gasteiger partial charge in [-0.05, 0) is 0 Å². The number of benzene rings is 1. The molecule has 0 saturated heterocycles. The Bertz CT molecular complexity index is 813. The topological polar surface area (TPSA) is 139 Å². The monoisotopic (exact) mass is 365 g/mol. The molecule has 0 atom stereocenters. The fourth-order valence-corrected chi connectivity index (χ4v) is 3.05. The van der Waals surface area contributed by atoms with Gasteiger partial charge < -0.3 is 0 Å². The zero-order chi connectivity index (χ0) is 16.5. The van der Waals surface area contributed by atoms with Crippen molar-refractivity contribution in [1.82, 2.24) is 4.57 Å². The number of carbonyl (C=O) groups excluding carboxylic acids is 1. The molecule has 0 aliphatic carbocycles. The summed E-state index contributed by atoms with van der Waals surface area (Å²) in [5, 5.41) is 9.01. The molecule has 0 spiro atoms. The molecule has 0 unspecified atom stereocenters. The molecule has 22 heavy (non-hydrogen) atoms. The molecule has 0 amide bonds. The number of hydrogen-bond donors (Lipinski definition) is 3. The average molecular weight is 365 g/mol. The molecule has 1 aromatic carbocycles. The van der Waals surface area contributed by atoms with E-state index in [9.17, 15) is 8.53 Å². The van der Waals surface area contributed by atoms with Crippen molar-refractivity contribution in [2.45, 2.75) is 0 Å². The van der Waals surface area contributed by atoms with Crippen molar-refractivity contribution >= 4 is 30.2 Å². The van der Waals surface area contributed by atoms with Crippen LogP contribution in [0.5, 0.6) is 0 Å². The second-order valence-electron chi connectivity index (χ2n) is 4.34. The number of methoxy groups -OCH3 is 1. The van der Waals surface area contributed by atoms with Gasteiger partial charge in [-0.2, -0.15) is 0 Å². The van der Waals surface area contributed by atoms with E-state index in [1.54, 1.807) is 0 Å². The summed E-state index contributed by atoms with van der Waals surface area (Å²) in [7, 11) is 1.19. The van der Waals surface area contributed by atoms with Crippen LogP contribution >= 0.6 is 0 Å². The number of aromatic nitrogens is 1. The average Bonchev–Trinajstić information content (AvgIpc) is 2.82. The third kappa shape index (κ3) is 2.78. The van der Waals surface area contributed by atoms with Crippen molar-refractivity contribution in [3.8, 4) is 11.8 Å². The minimum absolute atomic E-state index is 0.0162. The molecule has 0 bridgehead atoms. The van der Waals surface area contributed by atoms with E-state index in [2.05, 4.69) is 4.74 Å². The van der Waals surface area contributed by atoms with Gasteiger partial charge in [0.2, 0.25) is 0 Å². The van der Waals surface area contributed by atoms with E-state index in [1.807, 2.05) is 6.07 Å². The predicted octanol–water partition coefficient (Wildman–Crippen LogP) is -0.721. The summed E-state index contributed by atoms with van der Waals surface area (Å²) in [5.74, 6) is -0.720. The van der Waals surface area contributed by atoms with Gasteiger partial charge in [0.1, 0.15) is 0 Å². The Kier molecular flexibility index (Phi) is 4.15. The van der Waals surface area contributed by atoms with Crippen molar-refractivity contribution in [2.75, 3.05) is 12.8 Å². The number of esters is 1. The van der Waals surface area contributed by atoms with E-state index in [0.29, 0.717) is 5.69 Å². The summed E-state index contributed by atoms with van der Waals surface area (Å²) < 4.78 is 35.4. The first kappa shape index (κ1) is 15.9. The second-order valence-corrected chi connectivity index (χ2v) is 7.71. The standard InChI is InChI=1S/C13H12AsN3O5/c1-22-13(18)12-11(16)8(6-15)7-17(12)10-4-2-9(3-5-10)14(19,20)21/h2-5,7H,16H2,1H3,(H2,19,20,21). The van der Waals surface area contributed by atoms with E-state index >= 15 is 0 Å². The Morgan fingerprint density at radius 3 is 2.41 bits per heavy atom. The fourth-order valence-electron chi connectivity index (χ4n) is 1.93. The SMILES string of the molecule is COC(=O)c1c(N)c(C#N)cn1-c1ccc([As](=O)(O)O)cc1. The maximum absolute atomic E-state index is 11.8. The summed E-state index contributed by atoms with van der Waals surface area (Å²) in [4.78, 5) is 11.8. The van der Waals surface area contributed by atoms with E-state index in [-0.39, 0.29) is 21.3 Å². The second kappa shape index (κ2) is 5.73. The van der Waals surface area contributed by atoms with Gasteiger partial charge in [0.25, 0.3) is 0 Å². The maximum atomic E-state index is 11.8. The van der Waals surface area contributed by atoms with E-state index < -0.39 is 20.1 Å². The van der Waals surface area contributed by atoms with Crippen molar-refractivity contribution in [3.63, 3.8) is 0 Å². The number of anilines is 1. The number of rotatable bonds is 3. The van der Waals surface area contributed by atoms with Crippen LogP contribution in [0.2, 0.25) is 0 Å². The molecule has 8 nitrogen and oxygen atoms in total. The van der Waals surface area contributed by atoms with Crippen LogP contribution in [0.25, 0.3) is 5.69 Å². The third-order valence-electron chi connectivity index (χ3n) is 3.01. The molecular formula is C13H12AsN3O5. The minimum atomic E-state index is -4.98. The van der Waals surface area contributed by atoms with Crippen LogP contribution in [0.4, 0.5) is 5.69 Å². The van der Waals surface area contributed by atoms with Gasteiger partial charge in [0, 0.05) is 0 Å². The van der Waals surface area contributed by atoms with Crippen LogP contribution in [0.1, 0.15) is 16.1 Å². The Labute approximate surface area is 128 Å². The fraction of sp³-hybridized carbons (Fsp3) is 0.0769. The summed E-state index contributed by atoms with van der Waals surface area (Å²) in [6.45, 7) is 0. The molecule has 0 aliphatic heterocycles. The summed E-state index contributed by atoms with van der Waals surface area (Å²) in [5.41, 5.74) is 6.24. The molecular weight excluding hydrogens is 353 g/mol. The molecule has 9 heteroatoms. The zero-order valence-corrected chi connectivity index (χ0v) is 13.3. The normalized spacial score (nSPS) is 11.0. The first-order chi connectivity index (χ1) is 10.3. The number of ether oxygens (including phenoxy) is 1. The van der Waals surface area contributed by atoms with Crippen LogP contribution < -0.4 is 10.1 Å². The van der Waals surface area contributed by atoms with E-state index in [1.165, 1.54) is 42.1 Å². The molecule has 0 saturated carbocycles. The number of nitrogens with zero attached hydrogens (tertiary/aromatic N) is 2. The van der Waals surface area contributed by atoms with Gasteiger partial charge in [-0.25, -0.2) is 0 Å². The number of hydrogen-bond acceptors (Lipinski definition) is 5. The van der Waals surface area contributed by atoms with Crippen molar-refractivity contribution < 1.29 is 21.5 Å². The van der Waals surface area contributed by atoms with Crippen molar-refractivity contribution in [2.24, 2.45) is 0 Å². The van der Waals surface area contributed by atoms with Gasteiger partial charge in [0.05, 0.1) is 0 Å². The van der Waals surface area contributed by atoms with Crippen LogP contribution in [-0.2, 0) is 8.48 Å². The quantitative estimate of drug-likeness (QED) is 0.482. The Morgan fingerprint density at radius 1 is 1.36 bits per heavy atom. The van der Waals surface area contributed by atoms with Gasteiger partial charge in [-0.3, -0.25) is 0 Å². The Balaban J connectivity index is 2.60. The van der Waals surface area contributed by atoms with E-state index in [0.717, 1.165) is 0 Å². The van der Waals surface area contributed by atoms with Crippen LogP contribution in [0.3, 0.4) is 0 Å². The molecule has 114 valence electrons. The van der Waals surface area contributed by atoms with Gasteiger partial charge in [-0.1, -0.05) is 0 Å². The number of carbonyl (C=O) groups is 1. The van der Waals surface area contributed by atoms with Crippen LogP contribution in [0, 0.1) is 11.3 Å². The van der Waals surface area contributed by atoms with Crippen LogP contribution in [0.15, 0.2) is 30.5 Å². The predicted molar refractivity (Wildman–Crippen MR) is 76.7 cm³/mol.